The van der Waals surface area contributed by atoms with Gasteiger partial charge in [0.1, 0.15) is 0 Å². The number of hydrogen-bond acceptors (Lipinski definition) is 4. The van der Waals surface area contributed by atoms with E-state index in [1.165, 1.54) is 32.1 Å². The lowest BCUT2D eigenvalue weighted by Gasteiger charge is -2.27. The quantitative estimate of drug-likeness (QED) is 0.673. The van der Waals surface area contributed by atoms with Gasteiger partial charge in [0.05, 0.1) is 24.9 Å². The van der Waals surface area contributed by atoms with Crippen LogP contribution in [-0.2, 0) is 14.3 Å². The van der Waals surface area contributed by atoms with Crippen molar-refractivity contribution in [3.8, 4) is 0 Å². The molecule has 4 nitrogen and oxygen atoms in total. The molecule has 1 aliphatic heterocycles. The number of ether oxygens (including phenoxy) is 2. The highest BCUT2D eigenvalue weighted by Crippen LogP contribution is 2.43. The molecule has 2 rings (SSSR count). The smallest absolute Gasteiger partial charge is 0.320 e. The van der Waals surface area contributed by atoms with Gasteiger partial charge in [-0.3, -0.25) is 9.69 Å². The molecule has 0 aromatic rings. The van der Waals surface area contributed by atoms with Crippen LogP contribution in [0.4, 0.5) is 0 Å². The van der Waals surface area contributed by atoms with Gasteiger partial charge in [0.15, 0.2) is 0 Å². The molecule has 1 aliphatic carbocycles. The van der Waals surface area contributed by atoms with Crippen LogP contribution in [0.15, 0.2) is 0 Å². The number of hydrogen-bond donors (Lipinski definition) is 0. The highest BCUT2D eigenvalue weighted by molar-refractivity contribution is 5.71. The molecule has 2 fully saturated rings. The van der Waals surface area contributed by atoms with Gasteiger partial charge in [-0.1, -0.05) is 19.8 Å². The van der Waals surface area contributed by atoms with E-state index in [0.29, 0.717) is 19.3 Å². The molecule has 0 radical (unpaired) electrons. The summed E-state index contributed by atoms with van der Waals surface area (Å²) < 4.78 is 11.4. The molecule has 1 atom stereocenters. The SMILES string of the molecule is CCCN(CC(=O)OCC)CC1CCC2(CCCC2)O1. The summed E-state index contributed by atoms with van der Waals surface area (Å²) in [5, 5.41) is 0. The first kappa shape index (κ1) is 15.8. The van der Waals surface area contributed by atoms with Gasteiger partial charge in [-0.15, -0.1) is 0 Å². The number of rotatable bonds is 7. The topological polar surface area (TPSA) is 38.8 Å². The highest BCUT2D eigenvalue weighted by atomic mass is 16.5. The van der Waals surface area contributed by atoms with Crippen molar-refractivity contribution in [2.45, 2.75) is 70.5 Å². The van der Waals surface area contributed by atoms with Gasteiger partial charge >= 0.3 is 5.97 Å². The largest absolute Gasteiger partial charge is 0.465 e. The minimum absolute atomic E-state index is 0.116. The minimum Gasteiger partial charge on any atom is -0.465 e. The molecule has 0 N–H and O–H groups in total. The molecular formula is C16H29NO3. The average Bonchev–Trinajstić information content (AvgIpc) is 3.01. The van der Waals surface area contributed by atoms with Crippen molar-refractivity contribution >= 4 is 5.97 Å². The van der Waals surface area contributed by atoms with Crippen molar-refractivity contribution in [2.75, 3.05) is 26.2 Å². The Balaban J connectivity index is 1.80. The minimum atomic E-state index is -0.116. The summed E-state index contributed by atoms with van der Waals surface area (Å²) in [4.78, 5) is 13.8. The van der Waals surface area contributed by atoms with Gasteiger partial charge in [-0.25, -0.2) is 0 Å². The molecule has 1 saturated heterocycles. The third kappa shape index (κ3) is 4.19. The summed E-state index contributed by atoms with van der Waals surface area (Å²) in [6.45, 7) is 6.66. The predicted octanol–water partition coefficient (Wildman–Crippen LogP) is 2.75. The van der Waals surface area contributed by atoms with Crippen molar-refractivity contribution in [1.29, 1.82) is 0 Å². The van der Waals surface area contributed by atoms with Gasteiger partial charge < -0.3 is 9.47 Å². The molecule has 1 heterocycles. The van der Waals surface area contributed by atoms with E-state index in [9.17, 15) is 4.79 Å². The molecule has 4 heteroatoms. The van der Waals surface area contributed by atoms with Crippen LogP contribution in [0, 0.1) is 0 Å². The molecule has 0 amide bonds. The fourth-order valence-corrected chi connectivity index (χ4v) is 3.64. The number of esters is 1. The molecule has 1 unspecified atom stereocenters. The van der Waals surface area contributed by atoms with E-state index in [1.807, 2.05) is 6.92 Å². The lowest BCUT2D eigenvalue weighted by molar-refractivity contribution is -0.145. The third-order valence-corrected chi connectivity index (χ3v) is 4.51. The first-order valence-corrected chi connectivity index (χ1v) is 8.23. The molecule has 116 valence electrons. The standard InChI is InChI=1S/C16H29NO3/c1-3-11-17(13-15(18)19-4-2)12-14-7-10-16(20-14)8-5-6-9-16/h14H,3-13H2,1-2H3. The monoisotopic (exact) mass is 283 g/mol. The first-order valence-electron chi connectivity index (χ1n) is 8.23. The van der Waals surface area contributed by atoms with Crippen molar-refractivity contribution < 1.29 is 14.3 Å². The van der Waals surface area contributed by atoms with Crippen LogP contribution in [0.5, 0.6) is 0 Å². The Bertz CT molecular complexity index is 313. The molecule has 20 heavy (non-hydrogen) atoms. The van der Waals surface area contributed by atoms with E-state index >= 15 is 0 Å². The van der Waals surface area contributed by atoms with Gasteiger partial charge in [0, 0.05) is 6.54 Å². The third-order valence-electron chi connectivity index (χ3n) is 4.51. The van der Waals surface area contributed by atoms with Crippen LogP contribution in [0.25, 0.3) is 0 Å². The number of nitrogens with zero attached hydrogens (tertiary/aromatic N) is 1. The Morgan fingerprint density at radius 2 is 2.05 bits per heavy atom. The second-order valence-electron chi connectivity index (χ2n) is 6.21. The van der Waals surface area contributed by atoms with E-state index in [2.05, 4.69) is 11.8 Å². The molecule has 0 aromatic carbocycles. The second-order valence-corrected chi connectivity index (χ2v) is 6.21. The van der Waals surface area contributed by atoms with Gasteiger partial charge in [-0.05, 0) is 45.6 Å². The van der Waals surface area contributed by atoms with Gasteiger partial charge in [0.2, 0.25) is 0 Å². The van der Waals surface area contributed by atoms with E-state index in [0.717, 1.165) is 25.9 Å². The predicted molar refractivity (Wildman–Crippen MR) is 78.7 cm³/mol. The zero-order valence-corrected chi connectivity index (χ0v) is 13.0. The summed E-state index contributed by atoms with van der Waals surface area (Å²) in [5.41, 5.74) is 0.187. The Hall–Kier alpha value is -0.610. The first-order chi connectivity index (χ1) is 9.67. The number of carbonyl (C=O) groups is 1. The normalized spacial score (nSPS) is 24.6. The summed E-state index contributed by atoms with van der Waals surface area (Å²) in [6.07, 6.45) is 8.79. The van der Waals surface area contributed by atoms with Crippen LogP contribution in [0.3, 0.4) is 0 Å². The molecule has 0 aromatic heterocycles. The van der Waals surface area contributed by atoms with Crippen LogP contribution >= 0.6 is 0 Å². The molecule has 2 aliphatic rings. The van der Waals surface area contributed by atoms with Crippen LogP contribution in [0.1, 0.15) is 58.8 Å². The van der Waals surface area contributed by atoms with Crippen LogP contribution in [-0.4, -0.2) is 48.8 Å². The van der Waals surface area contributed by atoms with E-state index in [4.69, 9.17) is 9.47 Å². The summed E-state index contributed by atoms with van der Waals surface area (Å²) >= 11 is 0. The Morgan fingerprint density at radius 1 is 1.30 bits per heavy atom. The maximum atomic E-state index is 11.6. The number of carbonyl (C=O) groups excluding carboxylic acids is 1. The van der Waals surface area contributed by atoms with E-state index < -0.39 is 0 Å². The lowest BCUT2D eigenvalue weighted by Crippen LogP contribution is -2.38. The zero-order chi connectivity index (χ0) is 14.4. The van der Waals surface area contributed by atoms with Crippen molar-refractivity contribution in [2.24, 2.45) is 0 Å². The Labute approximate surface area is 122 Å². The van der Waals surface area contributed by atoms with Crippen molar-refractivity contribution in [3.63, 3.8) is 0 Å². The van der Waals surface area contributed by atoms with Crippen LogP contribution in [0.2, 0.25) is 0 Å². The Kier molecular flexibility index (Phi) is 5.85. The zero-order valence-electron chi connectivity index (χ0n) is 13.0. The average molecular weight is 283 g/mol. The molecule has 1 saturated carbocycles. The van der Waals surface area contributed by atoms with E-state index in [-0.39, 0.29) is 11.6 Å². The van der Waals surface area contributed by atoms with E-state index in [1.54, 1.807) is 0 Å². The Morgan fingerprint density at radius 3 is 2.70 bits per heavy atom. The lowest BCUT2D eigenvalue weighted by atomic mass is 9.98. The maximum Gasteiger partial charge on any atom is 0.320 e. The highest BCUT2D eigenvalue weighted by Gasteiger charge is 2.42. The summed E-state index contributed by atoms with van der Waals surface area (Å²) in [6, 6.07) is 0. The van der Waals surface area contributed by atoms with Crippen molar-refractivity contribution in [1.82, 2.24) is 4.90 Å². The molecular weight excluding hydrogens is 254 g/mol. The van der Waals surface area contributed by atoms with Crippen molar-refractivity contribution in [3.05, 3.63) is 0 Å². The molecule has 0 bridgehead atoms. The summed E-state index contributed by atoms with van der Waals surface area (Å²) in [7, 11) is 0. The van der Waals surface area contributed by atoms with Gasteiger partial charge in [0.25, 0.3) is 0 Å². The van der Waals surface area contributed by atoms with Crippen LogP contribution < -0.4 is 0 Å². The maximum absolute atomic E-state index is 11.6. The fraction of sp³-hybridized carbons (Fsp3) is 0.938. The molecule has 1 spiro atoms. The summed E-state index contributed by atoms with van der Waals surface area (Å²) in [5.74, 6) is -0.116. The van der Waals surface area contributed by atoms with Gasteiger partial charge in [-0.2, -0.15) is 0 Å². The second kappa shape index (κ2) is 7.41. The fourth-order valence-electron chi connectivity index (χ4n) is 3.64.